The predicted molar refractivity (Wildman–Crippen MR) is 110 cm³/mol. The average Bonchev–Trinajstić information content (AvgIpc) is 3.38. The summed E-state index contributed by atoms with van der Waals surface area (Å²) in [6, 6.07) is -3.46. The van der Waals surface area contributed by atoms with Crippen molar-refractivity contribution in [2.75, 3.05) is 13.1 Å². The van der Waals surface area contributed by atoms with Gasteiger partial charge in [0, 0.05) is 19.5 Å². The van der Waals surface area contributed by atoms with E-state index in [-0.39, 0.29) is 30.6 Å². The van der Waals surface area contributed by atoms with Crippen molar-refractivity contribution < 1.29 is 29.1 Å². The number of rotatable bonds is 9. The van der Waals surface area contributed by atoms with Gasteiger partial charge in [0.25, 0.3) is 0 Å². The number of amides is 4. The van der Waals surface area contributed by atoms with E-state index in [0.29, 0.717) is 38.8 Å². The first-order chi connectivity index (χ1) is 14.5. The first-order valence-corrected chi connectivity index (χ1v) is 10.7. The molecule has 2 heterocycles. The molecule has 2 fully saturated rings. The zero-order chi connectivity index (χ0) is 23.3. The van der Waals surface area contributed by atoms with Crippen LogP contribution < -0.4 is 16.8 Å². The van der Waals surface area contributed by atoms with Gasteiger partial charge in [0.2, 0.25) is 23.6 Å². The van der Waals surface area contributed by atoms with Gasteiger partial charge in [-0.3, -0.25) is 19.2 Å². The zero-order valence-corrected chi connectivity index (χ0v) is 18.1. The maximum Gasteiger partial charge on any atom is 0.326 e. The fourth-order valence-electron chi connectivity index (χ4n) is 4.07. The van der Waals surface area contributed by atoms with Crippen LogP contribution in [0.2, 0.25) is 0 Å². The van der Waals surface area contributed by atoms with Gasteiger partial charge in [-0.05, 0) is 38.0 Å². The molecule has 31 heavy (non-hydrogen) atoms. The Hall–Kier alpha value is -2.69. The number of nitrogens with two attached hydrogens (primary N) is 2. The summed E-state index contributed by atoms with van der Waals surface area (Å²) in [6.45, 7) is 4.47. The third kappa shape index (κ3) is 5.93. The van der Waals surface area contributed by atoms with Gasteiger partial charge in [-0.25, -0.2) is 4.79 Å². The summed E-state index contributed by atoms with van der Waals surface area (Å²) in [6.07, 6.45) is 1.85. The summed E-state index contributed by atoms with van der Waals surface area (Å²) in [5, 5.41) is 11.7. The van der Waals surface area contributed by atoms with E-state index in [2.05, 4.69) is 5.32 Å². The van der Waals surface area contributed by atoms with E-state index in [0.717, 1.165) is 0 Å². The number of hydrogen-bond acceptors (Lipinski definition) is 6. The molecule has 2 aliphatic rings. The number of carboxylic acids is 1. The summed E-state index contributed by atoms with van der Waals surface area (Å²) in [5.41, 5.74) is 11.1. The van der Waals surface area contributed by atoms with Crippen molar-refractivity contribution in [3.8, 4) is 0 Å². The van der Waals surface area contributed by atoms with E-state index in [4.69, 9.17) is 11.5 Å². The highest BCUT2D eigenvalue weighted by Gasteiger charge is 2.43. The number of primary amides is 1. The molecule has 0 aliphatic carbocycles. The molecule has 4 atom stereocenters. The molecule has 0 aromatic heterocycles. The number of hydrogen-bond donors (Lipinski definition) is 4. The van der Waals surface area contributed by atoms with E-state index in [1.807, 2.05) is 13.8 Å². The minimum atomic E-state index is -1.28. The maximum absolute atomic E-state index is 13.2. The highest BCUT2D eigenvalue weighted by molar-refractivity contribution is 5.95. The molecule has 2 aliphatic heterocycles. The molecule has 6 N–H and O–H groups in total. The number of carbonyl (C=O) groups excluding carboxylic acids is 4. The lowest BCUT2D eigenvalue weighted by Crippen LogP contribution is -2.56. The smallest absolute Gasteiger partial charge is 0.326 e. The lowest BCUT2D eigenvalue weighted by atomic mass is 10.0. The van der Waals surface area contributed by atoms with Crippen molar-refractivity contribution >= 4 is 29.6 Å². The van der Waals surface area contributed by atoms with Crippen LogP contribution in [0.15, 0.2) is 0 Å². The minimum Gasteiger partial charge on any atom is -0.480 e. The molecule has 0 saturated carbocycles. The van der Waals surface area contributed by atoms with Crippen molar-refractivity contribution in [3.63, 3.8) is 0 Å². The van der Waals surface area contributed by atoms with Crippen LogP contribution in [0.4, 0.5) is 0 Å². The van der Waals surface area contributed by atoms with Gasteiger partial charge in [0.1, 0.15) is 18.1 Å². The highest BCUT2D eigenvalue weighted by atomic mass is 16.4. The molecular weight excluding hydrogens is 406 g/mol. The van der Waals surface area contributed by atoms with Crippen LogP contribution in [0, 0.1) is 5.92 Å². The lowest BCUT2D eigenvalue weighted by Gasteiger charge is -2.33. The van der Waals surface area contributed by atoms with Gasteiger partial charge in [-0.1, -0.05) is 13.8 Å². The van der Waals surface area contributed by atoms with Crippen molar-refractivity contribution in [1.29, 1.82) is 0 Å². The number of nitrogens with zero attached hydrogens (tertiary/aromatic N) is 2. The van der Waals surface area contributed by atoms with Crippen LogP contribution >= 0.6 is 0 Å². The summed E-state index contributed by atoms with van der Waals surface area (Å²) in [4.78, 5) is 64.0. The molecule has 4 unspecified atom stereocenters. The fraction of sp³-hybridized carbons (Fsp3) is 0.750. The molecule has 4 amide bonds. The van der Waals surface area contributed by atoms with Gasteiger partial charge >= 0.3 is 5.97 Å². The molecule has 0 aromatic rings. The maximum atomic E-state index is 13.2. The second-order valence-electron chi connectivity index (χ2n) is 8.55. The predicted octanol–water partition coefficient (Wildman–Crippen LogP) is -1.21. The van der Waals surface area contributed by atoms with E-state index in [9.17, 15) is 29.1 Å². The first-order valence-electron chi connectivity index (χ1n) is 10.7. The van der Waals surface area contributed by atoms with Gasteiger partial charge in [-0.15, -0.1) is 0 Å². The summed E-state index contributed by atoms with van der Waals surface area (Å²) in [7, 11) is 0. The summed E-state index contributed by atoms with van der Waals surface area (Å²) in [5.74, 6) is -3.18. The van der Waals surface area contributed by atoms with Crippen LogP contribution in [0.25, 0.3) is 0 Å². The van der Waals surface area contributed by atoms with E-state index in [1.165, 1.54) is 9.80 Å². The first kappa shape index (κ1) is 24.6. The van der Waals surface area contributed by atoms with E-state index < -0.39 is 42.0 Å². The van der Waals surface area contributed by atoms with Crippen LogP contribution in [0.5, 0.6) is 0 Å². The number of aliphatic carboxylic acids is 1. The molecule has 0 bridgehead atoms. The Kier molecular flexibility index (Phi) is 8.37. The van der Waals surface area contributed by atoms with Crippen molar-refractivity contribution in [3.05, 3.63) is 0 Å². The number of nitrogens with one attached hydrogen (secondary N) is 1. The molecule has 0 radical (unpaired) electrons. The quantitative estimate of drug-likeness (QED) is 0.348. The Morgan fingerprint density at radius 3 is 2.16 bits per heavy atom. The normalized spacial score (nSPS) is 23.0. The molecule has 11 heteroatoms. The number of likely N-dealkylation sites (tertiary alicyclic amines) is 2. The molecule has 2 saturated heterocycles. The van der Waals surface area contributed by atoms with Gasteiger partial charge in [0.05, 0.1) is 6.04 Å². The van der Waals surface area contributed by atoms with Crippen LogP contribution in [0.3, 0.4) is 0 Å². The summed E-state index contributed by atoms with van der Waals surface area (Å²) >= 11 is 0. The zero-order valence-electron chi connectivity index (χ0n) is 18.1. The van der Waals surface area contributed by atoms with E-state index >= 15 is 0 Å². The lowest BCUT2D eigenvalue weighted by molar-refractivity contribution is -0.148. The highest BCUT2D eigenvalue weighted by Crippen LogP contribution is 2.26. The third-order valence-corrected chi connectivity index (χ3v) is 5.96. The third-order valence-electron chi connectivity index (χ3n) is 5.96. The standard InChI is InChI=1S/C20H33N5O6/c1-11(2)16(22)19(29)25-10-4-6-14(25)18(28)24-9-3-5-13(24)17(27)23-12(20(30)31)7-8-15(21)26/h11-14,16H,3-10,22H2,1-2H3,(H2,21,26)(H,23,27)(H,30,31). The van der Waals surface area contributed by atoms with Crippen LogP contribution in [-0.4, -0.2) is 81.8 Å². The Balaban J connectivity index is 2.08. The van der Waals surface area contributed by atoms with Crippen molar-refractivity contribution in [2.45, 2.75) is 76.5 Å². The Morgan fingerprint density at radius 1 is 1.03 bits per heavy atom. The fourth-order valence-corrected chi connectivity index (χ4v) is 4.07. The minimum absolute atomic E-state index is 0.0671. The second-order valence-corrected chi connectivity index (χ2v) is 8.55. The van der Waals surface area contributed by atoms with E-state index in [1.54, 1.807) is 0 Å². The monoisotopic (exact) mass is 439 g/mol. The molecule has 2 rings (SSSR count). The molecule has 174 valence electrons. The van der Waals surface area contributed by atoms with Crippen LogP contribution in [-0.2, 0) is 24.0 Å². The van der Waals surface area contributed by atoms with Crippen molar-refractivity contribution in [2.24, 2.45) is 17.4 Å². The molecule has 11 nitrogen and oxygen atoms in total. The molecule has 0 spiro atoms. The average molecular weight is 440 g/mol. The molecule has 0 aromatic carbocycles. The van der Waals surface area contributed by atoms with Crippen LogP contribution in [0.1, 0.15) is 52.4 Å². The van der Waals surface area contributed by atoms with Gasteiger partial charge < -0.3 is 31.7 Å². The SMILES string of the molecule is CC(C)C(N)C(=O)N1CCCC1C(=O)N1CCCC1C(=O)NC(CCC(N)=O)C(=O)O. The second kappa shape index (κ2) is 10.6. The Bertz CT molecular complexity index is 727. The largest absolute Gasteiger partial charge is 0.480 e. The Labute approximate surface area is 181 Å². The van der Waals surface area contributed by atoms with Gasteiger partial charge in [-0.2, -0.15) is 0 Å². The van der Waals surface area contributed by atoms with Gasteiger partial charge in [0.15, 0.2) is 0 Å². The topological polar surface area (TPSA) is 176 Å². The Morgan fingerprint density at radius 2 is 1.61 bits per heavy atom. The van der Waals surface area contributed by atoms with Crippen molar-refractivity contribution in [1.82, 2.24) is 15.1 Å². The molecular formula is C20H33N5O6. The number of carbonyl (C=O) groups is 5. The number of carboxylic acid groups (broad SMARTS) is 1. The summed E-state index contributed by atoms with van der Waals surface area (Å²) < 4.78 is 0.